The van der Waals surface area contributed by atoms with Crippen LogP contribution in [0.4, 0.5) is 0 Å². The van der Waals surface area contributed by atoms with Crippen molar-refractivity contribution < 1.29 is 0 Å². The Balaban J connectivity index is 2.69. The summed E-state index contributed by atoms with van der Waals surface area (Å²) in [6.07, 6.45) is 0. The van der Waals surface area contributed by atoms with Crippen molar-refractivity contribution in [2.45, 2.75) is 59.3 Å². The lowest BCUT2D eigenvalue weighted by Gasteiger charge is -2.21. The normalized spacial score (nSPS) is 13.3. The van der Waals surface area contributed by atoms with Crippen LogP contribution >= 0.6 is 11.3 Å². The zero-order valence-electron chi connectivity index (χ0n) is 12.5. The molecule has 2 heteroatoms. The number of rotatable bonds is 0. The minimum atomic E-state index is 0.137. The third kappa shape index (κ3) is 2.31. The van der Waals surface area contributed by atoms with Crippen molar-refractivity contribution in [2.24, 2.45) is 0 Å². The highest BCUT2D eigenvalue weighted by atomic mass is 32.1. The van der Waals surface area contributed by atoms with Gasteiger partial charge in [-0.1, -0.05) is 47.6 Å². The number of hydrogen-bond acceptors (Lipinski definition) is 2. The molecule has 0 saturated carbocycles. The summed E-state index contributed by atoms with van der Waals surface area (Å²) >= 11 is 1.85. The molecule has 1 aromatic carbocycles. The molecule has 0 aliphatic heterocycles. The zero-order valence-corrected chi connectivity index (χ0v) is 13.3. The van der Waals surface area contributed by atoms with E-state index >= 15 is 0 Å². The Labute approximate surface area is 114 Å². The van der Waals surface area contributed by atoms with E-state index in [1.54, 1.807) is 0 Å². The average molecular weight is 261 g/mol. The van der Waals surface area contributed by atoms with Crippen LogP contribution in [-0.4, -0.2) is 4.98 Å². The van der Waals surface area contributed by atoms with E-state index in [4.69, 9.17) is 4.98 Å². The second-order valence-electron chi connectivity index (χ2n) is 7.11. The molecule has 1 aromatic heterocycles. The van der Waals surface area contributed by atoms with E-state index in [2.05, 4.69) is 60.6 Å². The van der Waals surface area contributed by atoms with Crippen molar-refractivity contribution in [3.63, 3.8) is 0 Å². The second kappa shape index (κ2) is 4.06. The van der Waals surface area contributed by atoms with Crippen LogP contribution in [0.5, 0.6) is 0 Å². The van der Waals surface area contributed by atoms with E-state index in [0.717, 1.165) is 5.52 Å². The van der Waals surface area contributed by atoms with Crippen LogP contribution in [0.25, 0.3) is 10.2 Å². The molecule has 0 unspecified atom stereocenters. The van der Waals surface area contributed by atoms with Gasteiger partial charge in [-0.3, -0.25) is 0 Å². The van der Waals surface area contributed by atoms with Gasteiger partial charge in [0.1, 0.15) is 0 Å². The zero-order chi connectivity index (χ0) is 13.7. The summed E-state index contributed by atoms with van der Waals surface area (Å²) in [6, 6.07) is 4.42. The lowest BCUT2D eigenvalue weighted by Crippen LogP contribution is -2.12. The van der Waals surface area contributed by atoms with Gasteiger partial charge in [0.05, 0.1) is 15.2 Å². The molecule has 0 aliphatic rings. The van der Waals surface area contributed by atoms with Gasteiger partial charge in [0.25, 0.3) is 0 Å². The smallest absolute Gasteiger partial charge is 0.0992 e. The third-order valence-electron chi connectivity index (χ3n) is 3.26. The largest absolute Gasteiger partial charge is 0.241 e. The molecule has 0 spiro atoms. The highest BCUT2D eigenvalue weighted by Crippen LogP contribution is 2.36. The molecule has 0 radical (unpaired) electrons. The quantitative estimate of drug-likeness (QED) is 0.635. The van der Waals surface area contributed by atoms with Gasteiger partial charge >= 0.3 is 0 Å². The van der Waals surface area contributed by atoms with Gasteiger partial charge in [-0.25, -0.2) is 4.98 Å². The molecule has 0 amide bonds. The molecule has 98 valence electrons. The minimum absolute atomic E-state index is 0.137. The van der Waals surface area contributed by atoms with E-state index in [1.165, 1.54) is 20.8 Å². The maximum Gasteiger partial charge on any atom is 0.0992 e. The number of fused-ring (bicyclic) bond motifs is 1. The molecule has 1 heterocycles. The number of thiazole rings is 1. The summed E-state index contributed by atoms with van der Waals surface area (Å²) in [4.78, 5) is 4.79. The molecule has 0 saturated heterocycles. The first kappa shape index (κ1) is 13.5. The molecule has 0 N–H and O–H groups in total. The first-order chi connectivity index (χ1) is 8.10. The number of aryl methyl sites for hydroxylation is 1. The molecule has 2 rings (SSSR count). The lowest BCUT2D eigenvalue weighted by atomic mass is 9.84. The van der Waals surface area contributed by atoms with E-state index in [9.17, 15) is 0 Å². The molecule has 0 aliphatic carbocycles. The Morgan fingerprint density at radius 2 is 1.56 bits per heavy atom. The van der Waals surface area contributed by atoms with Gasteiger partial charge in [0.15, 0.2) is 0 Å². The monoisotopic (exact) mass is 261 g/mol. The van der Waals surface area contributed by atoms with Crippen molar-refractivity contribution in [1.82, 2.24) is 4.98 Å². The van der Waals surface area contributed by atoms with E-state index in [-0.39, 0.29) is 10.8 Å². The van der Waals surface area contributed by atoms with Crippen molar-refractivity contribution in [3.8, 4) is 0 Å². The molecule has 18 heavy (non-hydrogen) atoms. The van der Waals surface area contributed by atoms with Crippen molar-refractivity contribution in [3.05, 3.63) is 28.3 Å². The highest BCUT2D eigenvalue weighted by molar-refractivity contribution is 7.18. The van der Waals surface area contributed by atoms with Crippen LogP contribution in [0, 0.1) is 6.92 Å². The van der Waals surface area contributed by atoms with Crippen LogP contribution in [0.2, 0.25) is 0 Å². The average Bonchev–Trinajstić information content (AvgIpc) is 2.59. The summed E-state index contributed by atoms with van der Waals surface area (Å²) in [6.45, 7) is 15.7. The number of hydrogen-bond donors (Lipinski definition) is 0. The lowest BCUT2D eigenvalue weighted by molar-refractivity contribution is 0.586. The van der Waals surface area contributed by atoms with Gasteiger partial charge < -0.3 is 0 Å². The Morgan fingerprint density at radius 3 is 2.06 bits per heavy atom. The SMILES string of the molecule is Cc1c(C(C)(C)C)ccc2nc(C(C)(C)C)sc12. The van der Waals surface area contributed by atoms with Crippen LogP contribution in [-0.2, 0) is 10.8 Å². The van der Waals surface area contributed by atoms with Crippen LogP contribution in [0.15, 0.2) is 12.1 Å². The van der Waals surface area contributed by atoms with Crippen molar-refractivity contribution in [2.75, 3.05) is 0 Å². The fourth-order valence-electron chi connectivity index (χ4n) is 2.26. The molecule has 0 bridgehead atoms. The predicted octanol–water partition coefficient (Wildman–Crippen LogP) is 5.20. The van der Waals surface area contributed by atoms with Crippen molar-refractivity contribution in [1.29, 1.82) is 0 Å². The van der Waals surface area contributed by atoms with Gasteiger partial charge in [-0.15, -0.1) is 11.3 Å². The first-order valence-electron chi connectivity index (χ1n) is 6.52. The summed E-state index contributed by atoms with van der Waals surface area (Å²) in [5.74, 6) is 0. The Kier molecular flexibility index (Phi) is 3.05. The van der Waals surface area contributed by atoms with Gasteiger partial charge in [-0.05, 0) is 29.5 Å². The van der Waals surface area contributed by atoms with Gasteiger partial charge in [-0.2, -0.15) is 0 Å². The number of benzene rings is 1. The molecular formula is C16H23NS. The van der Waals surface area contributed by atoms with Gasteiger partial charge in [0, 0.05) is 5.41 Å². The van der Waals surface area contributed by atoms with Crippen LogP contribution in [0.3, 0.4) is 0 Å². The molecule has 2 aromatic rings. The topological polar surface area (TPSA) is 12.9 Å². The minimum Gasteiger partial charge on any atom is -0.241 e. The number of aromatic nitrogens is 1. The molecule has 1 nitrogen and oxygen atoms in total. The van der Waals surface area contributed by atoms with E-state index in [0.29, 0.717) is 0 Å². The Hall–Kier alpha value is -0.890. The summed E-state index contributed by atoms with van der Waals surface area (Å²) in [5.41, 5.74) is 4.31. The third-order valence-corrected chi connectivity index (χ3v) is 4.87. The van der Waals surface area contributed by atoms with Crippen molar-refractivity contribution >= 4 is 21.6 Å². The second-order valence-corrected chi connectivity index (χ2v) is 8.10. The number of nitrogens with zero attached hydrogens (tertiary/aromatic N) is 1. The summed E-state index contributed by atoms with van der Waals surface area (Å²) in [7, 11) is 0. The molecule has 0 atom stereocenters. The van der Waals surface area contributed by atoms with Crippen LogP contribution < -0.4 is 0 Å². The first-order valence-corrected chi connectivity index (χ1v) is 7.33. The fourth-order valence-corrected chi connectivity index (χ4v) is 3.38. The Morgan fingerprint density at radius 1 is 0.944 bits per heavy atom. The molecular weight excluding hydrogens is 238 g/mol. The van der Waals surface area contributed by atoms with E-state index in [1.807, 2.05) is 11.3 Å². The van der Waals surface area contributed by atoms with Crippen LogP contribution in [0.1, 0.15) is 57.7 Å². The van der Waals surface area contributed by atoms with Gasteiger partial charge in [0.2, 0.25) is 0 Å². The molecule has 0 fully saturated rings. The Bertz CT molecular complexity index is 579. The standard InChI is InChI=1S/C16H23NS/c1-10-11(15(2,3)4)8-9-12-13(10)18-14(17-12)16(5,6)7/h8-9H,1-7H3. The highest BCUT2D eigenvalue weighted by Gasteiger charge is 2.22. The maximum absolute atomic E-state index is 4.79. The summed E-state index contributed by atoms with van der Waals surface area (Å²) in [5, 5.41) is 1.23. The van der Waals surface area contributed by atoms with E-state index < -0.39 is 0 Å². The predicted molar refractivity (Wildman–Crippen MR) is 81.8 cm³/mol. The summed E-state index contributed by atoms with van der Waals surface area (Å²) < 4.78 is 1.35. The maximum atomic E-state index is 4.79. The fraction of sp³-hybridized carbons (Fsp3) is 0.562.